The lowest BCUT2D eigenvalue weighted by Crippen LogP contribution is -2.52. The minimum Gasteiger partial charge on any atom is -0.489 e. The number of ether oxygens (including phenoxy) is 1. The van der Waals surface area contributed by atoms with E-state index in [0.717, 1.165) is 43.5 Å². The molecule has 0 aromatic heterocycles. The van der Waals surface area contributed by atoms with Gasteiger partial charge in [0, 0.05) is 31.1 Å². The van der Waals surface area contributed by atoms with E-state index >= 15 is 0 Å². The van der Waals surface area contributed by atoms with E-state index in [2.05, 4.69) is 22.1 Å². The molecule has 2 heterocycles. The van der Waals surface area contributed by atoms with Gasteiger partial charge < -0.3 is 9.64 Å². The summed E-state index contributed by atoms with van der Waals surface area (Å²) in [5.74, 6) is -0.131. The lowest BCUT2D eigenvalue weighted by Gasteiger charge is -2.38. The standard InChI is InChI=1S/C28H30N4O4/c1-29-20-9-7-18(8-10-20)16-31(2)23-5-3-4-6-25(23)36-21-11-12-22-19(15-21)17-32(28(22)35)24-13-14-26(33)30-27(24)34/h7-12,15,23-25H,3-6,13-14,16-17H2,2H3,(H,30,33,34)/t23-,24?,25+/m1/s1. The second-order valence-corrected chi connectivity index (χ2v) is 9.92. The normalized spacial score (nSPS) is 23.9. The maximum atomic E-state index is 13.0. The SMILES string of the molecule is [C-]#[N+]c1ccc(CN(C)[C@@H]2CCCC[C@@H]2Oc2ccc3c(c2)CN(C2CCC(=O)NC2=O)C3=O)cc1. The van der Waals surface area contributed by atoms with Crippen LogP contribution in [-0.4, -0.2) is 52.8 Å². The molecule has 3 atom stereocenters. The number of nitrogens with zero attached hydrogens (tertiary/aromatic N) is 3. The Kier molecular flexibility index (Phi) is 6.75. The summed E-state index contributed by atoms with van der Waals surface area (Å²) >= 11 is 0. The molecular weight excluding hydrogens is 456 g/mol. The quantitative estimate of drug-likeness (QED) is 0.496. The number of benzene rings is 2. The van der Waals surface area contributed by atoms with E-state index in [1.807, 2.05) is 36.4 Å². The molecule has 36 heavy (non-hydrogen) atoms. The molecule has 3 amide bonds. The van der Waals surface area contributed by atoms with Crippen LogP contribution >= 0.6 is 0 Å². The van der Waals surface area contributed by atoms with Gasteiger partial charge in [-0.25, -0.2) is 4.85 Å². The van der Waals surface area contributed by atoms with E-state index in [1.54, 1.807) is 11.0 Å². The van der Waals surface area contributed by atoms with Crippen molar-refractivity contribution in [3.8, 4) is 5.75 Å². The third kappa shape index (κ3) is 4.84. The first-order chi connectivity index (χ1) is 17.4. The Balaban J connectivity index is 1.27. The van der Waals surface area contributed by atoms with Gasteiger partial charge in [0.15, 0.2) is 5.69 Å². The highest BCUT2D eigenvalue weighted by atomic mass is 16.5. The van der Waals surface area contributed by atoms with E-state index in [1.165, 1.54) is 5.56 Å². The molecule has 1 N–H and O–H groups in total. The van der Waals surface area contributed by atoms with Crippen LogP contribution in [-0.2, 0) is 22.7 Å². The van der Waals surface area contributed by atoms with Crippen LogP contribution in [0.15, 0.2) is 42.5 Å². The van der Waals surface area contributed by atoms with Gasteiger partial charge in [0.05, 0.1) is 6.57 Å². The maximum absolute atomic E-state index is 13.0. The Morgan fingerprint density at radius 2 is 1.86 bits per heavy atom. The van der Waals surface area contributed by atoms with Crippen molar-refractivity contribution in [1.29, 1.82) is 0 Å². The lowest BCUT2D eigenvalue weighted by atomic mass is 9.91. The number of likely N-dealkylation sites (N-methyl/N-ethyl adjacent to an activating group) is 1. The van der Waals surface area contributed by atoms with Gasteiger partial charge in [-0.05, 0) is 62.1 Å². The molecule has 0 spiro atoms. The van der Waals surface area contributed by atoms with Crippen molar-refractivity contribution in [2.45, 2.75) is 69.8 Å². The van der Waals surface area contributed by atoms with Gasteiger partial charge in [0.25, 0.3) is 5.91 Å². The molecule has 3 aliphatic rings. The second-order valence-electron chi connectivity index (χ2n) is 9.92. The minimum atomic E-state index is -0.618. The van der Waals surface area contributed by atoms with Crippen molar-refractivity contribution >= 4 is 23.4 Å². The molecule has 1 unspecified atom stereocenters. The van der Waals surface area contributed by atoms with E-state index in [9.17, 15) is 14.4 Å². The zero-order valence-corrected chi connectivity index (χ0v) is 20.4. The molecule has 0 bridgehead atoms. The Morgan fingerprint density at radius 3 is 2.61 bits per heavy atom. The Hall–Kier alpha value is -3.70. The molecular formula is C28H30N4O4. The number of piperidine rings is 1. The first-order valence-corrected chi connectivity index (χ1v) is 12.5. The third-order valence-electron chi connectivity index (χ3n) is 7.51. The number of hydrogen-bond acceptors (Lipinski definition) is 5. The zero-order chi connectivity index (χ0) is 25.2. The smallest absolute Gasteiger partial charge is 0.255 e. The number of fused-ring (bicyclic) bond motifs is 1. The molecule has 8 nitrogen and oxygen atoms in total. The fourth-order valence-corrected chi connectivity index (χ4v) is 5.60. The van der Waals surface area contributed by atoms with Crippen LogP contribution in [0.2, 0.25) is 0 Å². The topological polar surface area (TPSA) is 83.3 Å². The fourth-order valence-electron chi connectivity index (χ4n) is 5.60. The molecule has 1 saturated carbocycles. The number of hydrogen-bond donors (Lipinski definition) is 1. The van der Waals surface area contributed by atoms with Gasteiger partial charge in [-0.2, -0.15) is 0 Å². The molecule has 186 valence electrons. The van der Waals surface area contributed by atoms with Crippen LogP contribution in [0, 0.1) is 6.57 Å². The van der Waals surface area contributed by atoms with Crippen LogP contribution in [0.1, 0.15) is 60.0 Å². The van der Waals surface area contributed by atoms with E-state index < -0.39 is 11.9 Å². The van der Waals surface area contributed by atoms with E-state index in [4.69, 9.17) is 11.3 Å². The summed E-state index contributed by atoms with van der Waals surface area (Å²) in [4.78, 5) is 44.2. The van der Waals surface area contributed by atoms with Gasteiger partial charge in [0.2, 0.25) is 11.8 Å². The van der Waals surface area contributed by atoms with Crippen molar-refractivity contribution in [2.75, 3.05) is 7.05 Å². The summed E-state index contributed by atoms with van der Waals surface area (Å²) in [5, 5.41) is 2.34. The predicted molar refractivity (Wildman–Crippen MR) is 133 cm³/mol. The summed E-state index contributed by atoms with van der Waals surface area (Å²) in [6, 6.07) is 12.9. The highest BCUT2D eigenvalue weighted by Gasteiger charge is 2.39. The van der Waals surface area contributed by atoms with Crippen molar-refractivity contribution in [3.63, 3.8) is 0 Å². The predicted octanol–water partition coefficient (Wildman–Crippen LogP) is 3.82. The van der Waals surface area contributed by atoms with Crippen LogP contribution in [0.4, 0.5) is 5.69 Å². The highest BCUT2D eigenvalue weighted by molar-refractivity contribution is 6.05. The molecule has 5 rings (SSSR count). The molecule has 1 saturated heterocycles. The van der Waals surface area contributed by atoms with Crippen molar-refractivity contribution in [2.24, 2.45) is 0 Å². The summed E-state index contributed by atoms with van der Waals surface area (Å²) in [6.45, 7) is 8.25. The van der Waals surface area contributed by atoms with E-state index in [-0.39, 0.29) is 30.4 Å². The van der Waals surface area contributed by atoms with Crippen LogP contribution in [0.25, 0.3) is 4.85 Å². The maximum Gasteiger partial charge on any atom is 0.255 e. The second kappa shape index (κ2) is 10.1. The Labute approximate surface area is 211 Å². The minimum absolute atomic E-state index is 0.0349. The number of carbonyl (C=O) groups excluding carboxylic acids is 3. The summed E-state index contributed by atoms with van der Waals surface area (Å²) < 4.78 is 6.50. The molecule has 2 aromatic rings. The number of carbonyl (C=O) groups is 3. The molecule has 2 aliphatic heterocycles. The van der Waals surface area contributed by atoms with Gasteiger partial charge >= 0.3 is 0 Å². The summed E-state index contributed by atoms with van der Waals surface area (Å²) in [7, 11) is 2.12. The van der Waals surface area contributed by atoms with Crippen molar-refractivity contribution in [3.05, 3.63) is 70.6 Å². The largest absolute Gasteiger partial charge is 0.489 e. The molecule has 8 heteroatoms. The van der Waals surface area contributed by atoms with E-state index in [0.29, 0.717) is 24.2 Å². The number of rotatable bonds is 6. The average Bonchev–Trinajstić information content (AvgIpc) is 3.20. The highest BCUT2D eigenvalue weighted by Crippen LogP contribution is 2.33. The summed E-state index contributed by atoms with van der Waals surface area (Å²) in [6.07, 6.45) is 4.91. The molecule has 2 aromatic carbocycles. The first-order valence-electron chi connectivity index (χ1n) is 12.5. The first kappa shape index (κ1) is 24.0. The number of imide groups is 1. The van der Waals surface area contributed by atoms with Crippen LogP contribution in [0.5, 0.6) is 5.75 Å². The van der Waals surface area contributed by atoms with Crippen LogP contribution in [0.3, 0.4) is 0 Å². The Bertz CT molecular complexity index is 1220. The van der Waals surface area contributed by atoms with Crippen molar-refractivity contribution < 1.29 is 19.1 Å². The zero-order valence-electron chi connectivity index (χ0n) is 20.4. The van der Waals surface area contributed by atoms with Crippen LogP contribution < -0.4 is 10.1 Å². The van der Waals surface area contributed by atoms with Gasteiger partial charge in [-0.15, -0.1) is 0 Å². The summed E-state index contributed by atoms with van der Waals surface area (Å²) in [5.41, 5.74) is 3.25. The fraction of sp³-hybridized carbons (Fsp3) is 0.429. The van der Waals surface area contributed by atoms with Gasteiger partial charge in [-0.1, -0.05) is 30.7 Å². The molecule has 2 fully saturated rings. The molecule has 0 radical (unpaired) electrons. The van der Waals surface area contributed by atoms with Crippen molar-refractivity contribution in [1.82, 2.24) is 15.1 Å². The average molecular weight is 487 g/mol. The molecule has 1 aliphatic carbocycles. The number of amides is 3. The van der Waals surface area contributed by atoms with Gasteiger partial charge in [0.1, 0.15) is 17.9 Å². The Morgan fingerprint density at radius 1 is 1.08 bits per heavy atom. The lowest BCUT2D eigenvalue weighted by molar-refractivity contribution is -0.136. The third-order valence-corrected chi connectivity index (χ3v) is 7.51. The monoisotopic (exact) mass is 486 g/mol. The van der Waals surface area contributed by atoms with Gasteiger partial charge in [-0.3, -0.25) is 24.6 Å². The number of nitrogens with one attached hydrogen (secondary N) is 1.